The average molecular weight is 478 g/mol. The number of hydrogen-bond acceptors (Lipinski definition) is 5. The van der Waals surface area contributed by atoms with Crippen LogP contribution in [-0.2, 0) is 11.2 Å². The van der Waals surface area contributed by atoms with Crippen molar-refractivity contribution in [1.82, 2.24) is 24.5 Å². The van der Waals surface area contributed by atoms with Crippen LogP contribution in [0.1, 0.15) is 49.0 Å². The van der Waals surface area contributed by atoms with Gasteiger partial charge in [-0.25, -0.2) is 9.67 Å². The van der Waals surface area contributed by atoms with Gasteiger partial charge in [0.25, 0.3) is 5.56 Å². The van der Waals surface area contributed by atoms with Crippen LogP contribution >= 0.6 is 11.3 Å². The van der Waals surface area contributed by atoms with E-state index in [2.05, 4.69) is 42.3 Å². The number of nitrogens with one attached hydrogen (secondary N) is 1. The molecular weight excluding hydrogens is 446 g/mol. The van der Waals surface area contributed by atoms with Crippen LogP contribution in [0.25, 0.3) is 21.9 Å². The van der Waals surface area contributed by atoms with E-state index in [0.29, 0.717) is 33.5 Å². The molecule has 0 spiro atoms. The smallest absolute Gasteiger partial charge is 0.268 e. The predicted octanol–water partition coefficient (Wildman–Crippen LogP) is 4.55. The van der Waals surface area contributed by atoms with E-state index in [0.717, 1.165) is 22.5 Å². The zero-order chi connectivity index (χ0) is 24.7. The van der Waals surface area contributed by atoms with Gasteiger partial charge >= 0.3 is 0 Å². The minimum atomic E-state index is -0.200. The highest BCUT2D eigenvalue weighted by Crippen LogP contribution is 2.25. The summed E-state index contributed by atoms with van der Waals surface area (Å²) in [5.74, 6) is 0.224. The van der Waals surface area contributed by atoms with E-state index >= 15 is 0 Å². The summed E-state index contributed by atoms with van der Waals surface area (Å²) < 4.78 is 3.43. The third kappa shape index (κ3) is 4.42. The summed E-state index contributed by atoms with van der Waals surface area (Å²) in [6, 6.07) is 8.21. The number of benzene rings is 1. The Kier molecular flexibility index (Phi) is 6.45. The summed E-state index contributed by atoms with van der Waals surface area (Å²) in [5.41, 5.74) is 6.27. The molecule has 1 atom stereocenters. The number of thiazole rings is 1. The summed E-state index contributed by atoms with van der Waals surface area (Å²) in [6.07, 6.45) is 0.122. The minimum absolute atomic E-state index is 0.0575. The lowest BCUT2D eigenvalue weighted by Gasteiger charge is -2.17. The van der Waals surface area contributed by atoms with Gasteiger partial charge in [-0.3, -0.25) is 14.0 Å². The average Bonchev–Trinajstić information content (AvgIpc) is 3.33. The number of amides is 1. The van der Waals surface area contributed by atoms with Crippen LogP contribution < -0.4 is 10.9 Å². The van der Waals surface area contributed by atoms with Crippen LogP contribution in [0.3, 0.4) is 0 Å². The SMILES string of the molecule is Cc1ccc(C)c(-n2nc(-c3c(C)nc4scc(CC(=O)N[C@H](C)C(C)C)n4c3=O)cc2C)c1. The first kappa shape index (κ1) is 23.9. The first-order valence-corrected chi connectivity index (χ1v) is 12.4. The number of carbonyl (C=O) groups is 1. The molecule has 0 fully saturated rings. The molecule has 7 nitrogen and oxygen atoms in total. The molecule has 0 saturated heterocycles. The molecule has 4 aromatic rings. The molecule has 0 aliphatic heterocycles. The molecule has 8 heteroatoms. The second-order valence-corrected chi connectivity index (χ2v) is 10.2. The first-order valence-electron chi connectivity index (χ1n) is 11.5. The summed E-state index contributed by atoms with van der Waals surface area (Å²) in [4.78, 5) is 31.5. The Balaban J connectivity index is 1.78. The van der Waals surface area contributed by atoms with Crippen LogP contribution in [0.2, 0.25) is 0 Å². The van der Waals surface area contributed by atoms with E-state index in [1.165, 1.54) is 11.3 Å². The molecule has 0 bridgehead atoms. The van der Waals surface area contributed by atoms with Gasteiger partial charge in [-0.1, -0.05) is 26.0 Å². The van der Waals surface area contributed by atoms with E-state index in [4.69, 9.17) is 5.10 Å². The molecule has 0 aliphatic carbocycles. The van der Waals surface area contributed by atoms with Crippen LogP contribution in [-0.4, -0.2) is 31.1 Å². The lowest BCUT2D eigenvalue weighted by Crippen LogP contribution is -2.37. The Labute approximate surface area is 203 Å². The van der Waals surface area contributed by atoms with Gasteiger partial charge in [-0.2, -0.15) is 5.10 Å². The lowest BCUT2D eigenvalue weighted by molar-refractivity contribution is -0.121. The van der Waals surface area contributed by atoms with Gasteiger partial charge in [0.1, 0.15) is 5.69 Å². The quantitative estimate of drug-likeness (QED) is 0.442. The van der Waals surface area contributed by atoms with Crippen molar-refractivity contribution in [2.45, 2.75) is 60.9 Å². The Morgan fingerprint density at radius 1 is 1.12 bits per heavy atom. The fourth-order valence-electron chi connectivity index (χ4n) is 3.95. The van der Waals surface area contributed by atoms with Crippen molar-refractivity contribution in [2.75, 3.05) is 0 Å². The highest BCUT2D eigenvalue weighted by molar-refractivity contribution is 7.15. The minimum Gasteiger partial charge on any atom is -0.353 e. The van der Waals surface area contributed by atoms with Crippen molar-refractivity contribution < 1.29 is 4.79 Å². The largest absolute Gasteiger partial charge is 0.353 e. The molecule has 1 aromatic carbocycles. The first-order chi connectivity index (χ1) is 16.1. The number of rotatable bonds is 6. The van der Waals surface area contributed by atoms with Crippen molar-refractivity contribution in [2.24, 2.45) is 5.92 Å². The van der Waals surface area contributed by atoms with Gasteiger partial charge < -0.3 is 5.32 Å². The van der Waals surface area contributed by atoms with Gasteiger partial charge in [0.2, 0.25) is 5.91 Å². The lowest BCUT2D eigenvalue weighted by atomic mass is 10.1. The Hall–Kier alpha value is -3.26. The molecule has 0 aliphatic rings. The normalized spacial score (nSPS) is 12.5. The van der Waals surface area contributed by atoms with E-state index in [-0.39, 0.29) is 23.9 Å². The topological polar surface area (TPSA) is 81.3 Å². The molecule has 0 unspecified atom stereocenters. The molecule has 0 saturated carbocycles. The molecule has 1 N–H and O–H groups in total. The predicted molar refractivity (Wildman–Crippen MR) is 137 cm³/mol. The van der Waals surface area contributed by atoms with Gasteiger partial charge in [0, 0.05) is 22.8 Å². The Bertz CT molecular complexity index is 1440. The monoisotopic (exact) mass is 477 g/mol. The second kappa shape index (κ2) is 9.18. The highest BCUT2D eigenvalue weighted by Gasteiger charge is 2.21. The van der Waals surface area contributed by atoms with E-state index < -0.39 is 0 Å². The zero-order valence-electron chi connectivity index (χ0n) is 20.8. The summed E-state index contributed by atoms with van der Waals surface area (Å²) in [7, 11) is 0. The number of aryl methyl sites for hydroxylation is 4. The van der Waals surface area contributed by atoms with Gasteiger partial charge in [0.15, 0.2) is 4.96 Å². The maximum absolute atomic E-state index is 13.7. The maximum atomic E-state index is 13.7. The molecule has 4 rings (SSSR count). The van der Waals surface area contributed by atoms with E-state index in [1.807, 2.05) is 50.7 Å². The molecule has 3 heterocycles. The number of aromatic nitrogens is 4. The number of hydrogen-bond donors (Lipinski definition) is 1. The molecule has 34 heavy (non-hydrogen) atoms. The van der Waals surface area contributed by atoms with Crippen LogP contribution in [0, 0.1) is 33.6 Å². The van der Waals surface area contributed by atoms with Crippen molar-refractivity contribution >= 4 is 22.2 Å². The van der Waals surface area contributed by atoms with Crippen LogP contribution in [0.4, 0.5) is 0 Å². The van der Waals surface area contributed by atoms with Crippen LogP contribution in [0.5, 0.6) is 0 Å². The second-order valence-electron chi connectivity index (χ2n) is 9.37. The summed E-state index contributed by atoms with van der Waals surface area (Å²) in [5, 5.41) is 9.65. The van der Waals surface area contributed by atoms with Crippen molar-refractivity contribution in [3.8, 4) is 16.9 Å². The van der Waals surface area contributed by atoms with Crippen molar-refractivity contribution in [3.63, 3.8) is 0 Å². The van der Waals surface area contributed by atoms with Gasteiger partial charge in [-0.15, -0.1) is 11.3 Å². The third-order valence-electron chi connectivity index (χ3n) is 6.29. The third-order valence-corrected chi connectivity index (χ3v) is 7.16. The molecule has 0 radical (unpaired) electrons. The Morgan fingerprint density at radius 2 is 1.85 bits per heavy atom. The fourth-order valence-corrected chi connectivity index (χ4v) is 4.87. The van der Waals surface area contributed by atoms with Gasteiger partial charge in [0.05, 0.1) is 23.4 Å². The molecule has 178 valence electrons. The summed E-state index contributed by atoms with van der Waals surface area (Å²) >= 11 is 1.37. The molecule has 1 amide bonds. The number of fused-ring (bicyclic) bond motifs is 1. The zero-order valence-corrected chi connectivity index (χ0v) is 21.6. The Morgan fingerprint density at radius 3 is 2.56 bits per heavy atom. The standard InChI is InChI=1S/C26H31N5O2S/c1-14(2)18(6)27-23(32)12-20-13-34-26-28-19(7)24(25(33)30(20)26)21-11-17(5)31(29-21)22-10-15(3)8-9-16(22)4/h8-11,13-14,18H,12H2,1-7H3,(H,27,32)/t18-/m1/s1. The number of nitrogens with zero attached hydrogens (tertiary/aromatic N) is 4. The molecule has 3 aromatic heterocycles. The van der Waals surface area contributed by atoms with Gasteiger partial charge in [-0.05, 0) is 63.8 Å². The molecular formula is C26H31N5O2S. The summed E-state index contributed by atoms with van der Waals surface area (Å²) in [6.45, 7) is 14.0. The highest BCUT2D eigenvalue weighted by atomic mass is 32.1. The van der Waals surface area contributed by atoms with E-state index in [1.54, 1.807) is 4.40 Å². The fraction of sp³-hybridized carbons (Fsp3) is 0.385. The number of carbonyl (C=O) groups excluding carboxylic acids is 1. The van der Waals surface area contributed by atoms with E-state index in [9.17, 15) is 9.59 Å². The maximum Gasteiger partial charge on any atom is 0.268 e. The van der Waals surface area contributed by atoms with Crippen LogP contribution in [0.15, 0.2) is 34.4 Å². The van der Waals surface area contributed by atoms with Crippen molar-refractivity contribution in [1.29, 1.82) is 0 Å². The van der Waals surface area contributed by atoms with Crippen molar-refractivity contribution in [3.05, 3.63) is 68.2 Å².